The molecule has 0 unspecified atom stereocenters. The van der Waals surface area contributed by atoms with Crippen molar-refractivity contribution in [3.63, 3.8) is 0 Å². The molecule has 158 valence electrons. The van der Waals surface area contributed by atoms with Crippen LogP contribution in [0.25, 0.3) is 43.6 Å². The highest BCUT2D eigenvalue weighted by Gasteiger charge is 2.17. The minimum absolute atomic E-state index is 0.114. The molecule has 0 aliphatic carbocycles. The Bertz CT molecular complexity index is 1920. The lowest BCUT2D eigenvalue weighted by Crippen LogP contribution is -2.14. The number of hydrogen-bond donors (Lipinski definition) is 0. The molecule has 0 fully saturated rings. The van der Waals surface area contributed by atoms with Crippen molar-refractivity contribution in [1.29, 1.82) is 21.0 Å². The number of nitrogens with zero attached hydrogens (tertiary/aromatic N) is 6. The summed E-state index contributed by atoms with van der Waals surface area (Å²) in [4.78, 5) is 26.8. The SMILES string of the molecule is Cn1c2cc(C#N)c(C#N)cc2c(=O)c2cc3c(cc21)c(=O)c1cc(C#N)c(C#N)cc1n3C. The van der Waals surface area contributed by atoms with Gasteiger partial charge in [-0.05, 0) is 36.4 Å². The van der Waals surface area contributed by atoms with Crippen LogP contribution in [-0.4, -0.2) is 9.13 Å². The van der Waals surface area contributed by atoms with Crippen molar-refractivity contribution >= 4 is 43.6 Å². The monoisotopic (exact) mass is 440 g/mol. The van der Waals surface area contributed by atoms with E-state index < -0.39 is 0 Å². The van der Waals surface area contributed by atoms with E-state index in [1.807, 2.05) is 24.3 Å². The minimum Gasteiger partial charge on any atom is -0.343 e. The van der Waals surface area contributed by atoms with E-state index in [0.29, 0.717) is 43.6 Å². The third-order valence-corrected chi connectivity index (χ3v) is 6.29. The summed E-state index contributed by atoms with van der Waals surface area (Å²) in [5.74, 6) is 0. The van der Waals surface area contributed by atoms with Crippen molar-refractivity contribution in [2.24, 2.45) is 14.1 Å². The Morgan fingerprint density at radius 2 is 0.765 bits per heavy atom. The predicted octanol–water partition coefficient (Wildman–Crippen LogP) is 3.18. The van der Waals surface area contributed by atoms with Crippen LogP contribution in [0.5, 0.6) is 0 Å². The van der Waals surface area contributed by atoms with Crippen molar-refractivity contribution in [2.75, 3.05) is 0 Å². The van der Waals surface area contributed by atoms with Crippen LogP contribution in [-0.2, 0) is 14.1 Å². The van der Waals surface area contributed by atoms with Crippen LogP contribution < -0.4 is 10.9 Å². The van der Waals surface area contributed by atoms with Crippen LogP contribution >= 0.6 is 0 Å². The normalized spacial score (nSPS) is 10.8. The molecule has 2 aromatic heterocycles. The summed E-state index contributed by atoms with van der Waals surface area (Å²) < 4.78 is 3.44. The molecule has 0 atom stereocenters. The standard InChI is InChI=1S/C26H12N6O2/c1-31-21-5-15(11-29)13(9-27)3-17(21)25(33)19-8-24-20(7-23(19)31)26(34)18-4-14(10-28)16(12-30)6-22(18)32(24)2/h3-8H,1-2H3. The van der Waals surface area contributed by atoms with Crippen LogP contribution in [0.3, 0.4) is 0 Å². The molecule has 8 heteroatoms. The lowest BCUT2D eigenvalue weighted by molar-refractivity contribution is 0.993. The van der Waals surface area contributed by atoms with Crippen LogP contribution in [0.4, 0.5) is 0 Å². The van der Waals surface area contributed by atoms with E-state index in [-0.39, 0.29) is 33.1 Å². The Balaban J connectivity index is 2.04. The summed E-state index contributed by atoms with van der Waals surface area (Å²) in [7, 11) is 3.45. The van der Waals surface area contributed by atoms with Crippen molar-refractivity contribution in [3.8, 4) is 24.3 Å². The maximum absolute atomic E-state index is 13.4. The van der Waals surface area contributed by atoms with Crippen LogP contribution in [0.15, 0.2) is 46.0 Å². The first-order valence-electron chi connectivity index (χ1n) is 10.1. The largest absolute Gasteiger partial charge is 0.343 e. The highest BCUT2D eigenvalue weighted by molar-refractivity contribution is 6.04. The molecule has 0 aliphatic rings. The smallest absolute Gasteiger partial charge is 0.197 e. The van der Waals surface area contributed by atoms with Gasteiger partial charge in [-0.3, -0.25) is 9.59 Å². The van der Waals surface area contributed by atoms with Gasteiger partial charge < -0.3 is 9.13 Å². The van der Waals surface area contributed by atoms with E-state index in [9.17, 15) is 30.6 Å². The lowest BCUT2D eigenvalue weighted by atomic mass is 10.00. The second kappa shape index (κ2) is 7.04. The Morgan fingerprint density at radius 3 is 1.09 bits per heavy atom. The van der Waals surface area contributed by atoms with Gasteiger partial charge in [0.05, 0.1) is 44.3 Å². The fourth-order valence-corrected chi connectivity index (χ4v) is 4.51. The average molecular weight is 440 g/mol. The van der Waals surface area contributed by atoms with Gasteiger partial charge in [0, 0.05) is 35.6 Å². The van der Waals surface area contributed by atoms with E-state index in [0.717, 1.165) is 0 Å². The third kappa shape index (κ3) is 2.55. The van der Waals surface area contributed by atoms with Gasteiger partial charge >= 0.3 is 0 Å². The molecule has 0 bridgehead atoms. The van der Waals surface area contributed by atoms with E-state index in [1.54, 1.807) is 35.4 Å². The number of benzene rings is 3. The van der Waals surface area contributed by atoms with Gasteiger partial charge in [-0.2, -0.15) is 21.0 Å². The molecular formula is C26H12N6O2. The average Bonchev–Trinajstić information content (AvgIpc) is 2.87. The van der Waals surface area contributed by atoms with Crippen LogP contribution in [0, 0.1) is 45.3 Å². The van der Waals surface area contributed by atoms with Crippen molar-refractivity contribution in [3.05, 3.63) is 79.1 Å². The summed E-state index contributed by atoms with van der Waals surface area (Å²) in [5.41, 5.74) is 1.81. The quantitative estimate of drug-likeness (QED) is 0.339. The Kier molecular flexibility index (Phi) is 4.24. The summed E-state index contributed by atoms with van der Waals surface area (Å²) in [6.45, 7) is 0. The summed E-state index contributed by atoms with van der Waals surface area (Å²) in [6.07, 6.45) is 0. The Hall–Kier alpha value is -5.44. The fraction of sp³-hybridized carbons (Fsp3) is 0.0769. The molecule has 5 aromatic rings. The highest BCUT2D eigenvalue weighted by atomic mass is 16.1. The zero-order valence-corrected chi connectivity index (χ0v) is 18.0. The maximum atomic E-state index is 13.4. The number of fused-ring (bicyclic) bond motifs is 4. The number of pyridine rings is 2. The molecule has 0 aliphatic heterocycles. The van der Waals surface area contributed by atoms with Gasteiger partial charge in [-0.25, -0.2) is 0 Å². The minimum atomic E-state index is -0.323. The molecule has 34 heavy (non-hydrogen) atoms. The Morgan fingerprint density at radius 1 is 0.500 bits per heavy atom. The highest BCUT2D eigenvalue weighted by Crippen LogP contribution is 2.27. The molecule has 0 spiro atoms. The second-order valence-corrected chi connectivity index (χ2v) is 7.94. The predicted molar refractivity (Wildman–Crippen MR) is 126 cm³/mol. The van der Waals surface area contributed by atoms with E-state index in [2.05, 4.69) is 0 Å². The first kappa shape index (κ1) is 20.5. The van der Waals surface area contributed by atoms with Gasteiger partial charge in [0.1, 0.15) is 24.3 Å². The second-order valence-electron chi connectivity index (χ2n) is 7.94. The molecule has 8 nitrogen and oxygen atoms in total. The van der Waals surface area contributed by atoms with E-state index in [4.69, 9.17) is 0 Å². The maximum Gasteiger partial charge on any atom is 0.197 e. The lowest BCUT2D eigenvalue weighted by Gasteiger charge is -2.15. The molecule has 3 aromatic carbocycles. The number of aromatic nitrogens is 2. The van der Waals surface area contributed by atoms with Crippen molar-refractivity contribution in [2.45, 2.75) is 0 Å². The third-order valence-electron chi connectivity index (χ3n) is 6.29. The summed E-state index contributed by atoms with van der Waals surface area (Å²) >= 11 is 0. The number of rotatable bonds is 0. The van der Waals surface area contributed by atoms with Gasteiger partial charge in [0.15, 0.2) is 10.9 Å². The van der Waals surface area contributed by atoms with E-state index >= 15 is 0 Å². The van der Waals surface area contributed by atoms with Gasteiger partial charge in [0.2, 0.25) is 0 Å². The van der Waals surface area contributed by atoms with Crippen molar-refractivity contribution < 1.29 is 0 Å². The molecule has 0 radical (unpaired) electrons. The molecule has 0 amide bonds. The Labute approximate surface area is 191 Å². The zero-order valence-electron chi connectivity index (χ0n) is 18.0. The zero-order chi connectivity index (χ0) is 24.3. The first-order chi connectivity index (χ1) is 16.3. The molecule has 2 heterocycles. The van der Waals surface area contributed by atoms with Gasteiger partial charge in [-0.1, -0.05) is 0 Å². The topological polar surface area (TPSA) is 139 Å². The van der Waals surface area contributed by atoms with E-state index in [1.165, 1.54) is 24.3 Å². The van der Waals surface area contributed by atoms with Gasteiger partial charge in [-0.15, -0.1) is 0 Å². The first-order valence-corrected chi connectivity index (χ1v) is 10.1. The summed E-state index contributed by atoms with van der Waals surface area (Å²) in [6, 6.07) is 17.0. The molecule has 0 saturated heterocycles. The number of nitriles is 4. The molecule has 0 N–H and O–H groups in total. The number of hydrogen-bond acceptors (Lipinski definition) is 6. The molecular weight excluding hydrogens is 428 g/mol. The summed E-state index contributed by atoms with van der Waals surface area (Å²) in [5, 5.41) is 38.8. The number of aryl methyl sites for hydroxylation is 2. The van der Waals surface area contributed by atoms with Crippen LogP contribution in [0.1, 0.15) is 22.3 Å². The fourth-order valence-electron chi connectivity index (χ4n) is 4.51. The molecule has 0 saturated carbocycles. The van der Waals surface area contributed by atoms with Crippen molar-refractivity contribution in [1.82, 2.24) is 9.13 Å². The van der Waals surface area contributed by atoms with Gasteiger partial charge in [0.25, 0.3) is 0 Å². The molecule has 5 rings (SSSR count). The van der Waals surface area contributed by atoms with Crippen LogP contribution in [0.2, 0.25) is 0 Å².